The summed E-state index contributed by atoms with van der Waals surface area (Å²) in [5, 5.41) is 0. The van der Waals surface area contributed by atoms with Crippen molar-refractivity contribution in [3.63, 3.8) is 0 Å². The Labute approximate surface area is 362 Å². The maximum atomic E-state index is 12.6. The number of rotatable bonds is 45. The van der Waals surface area contributed by atoms with Gasteiger partial charge in [0.15, 0.2) is 6.10 Å². The van der Waals surface area contributed by atoms with Crippen molar-refractivity contribution in [3.8, 4) is 0 Å². The van der Waals surface area contributed by atoms with Crippen LogP contribution in [0.1, 0.15) is 219 Å². The van der Waals surface area contributed by atoms with Crippen molar-refractivity contribution in [2.75, 3.05) is 26.4 Å². The highest BCUT2D eigenvalue weighted by molar-refractivity contribution is 7.47. The van der Waals surface area contributed by atoms with Crippen LogP contribution in [-0.4, -0.2) is 49.3 Å². The molecule has 0 rings (SSSR count). The third kappa shape index (κ3) is 45.3. The molecule has 0 saturated heterocycles. The Morgan fingerprint density at radius 2 is 0.881 bits per heavy atom. The first-order valence-electron chi connectivity index (χ1n) is 24.1. The predicted octanol–water partition coefficient (Wildman–Crippen LogP) is 14.3. The molecule has 0 aliphatic carbocycles. The van der Waals surface area contributed by atoms with E-state index in [2.05, 4.69) is 62.5 Å². The highest BCUT2D eigenvalue weighted by Crippen LogP contribution is 2.43. The maximum Gasteiger partial charge on any atom is 0.472 e. The second-order valence-corrected chi connectivity index (χ2v) is 17.4. The van der Waals surface area contributed by atoms with Crippen molar-refractivity contribution in [2.45, 2.75) is 225 Å². The number of ether oxygens (including phenoxy) is 2. The van der Waals surface area contributed by atoms with Gasteiger partial charge < -0.3 is 20.1 Å². The average Bonchev–Trinajstić information content (AvgIpc) is 3.22. The van der Waals surface area contributed by atoms with Crippen molar-refractivity contribution in [3.05, 3.63) is 48.6 Å². The number of hydrogen-bond acceptors (Lipinski definition) is 8. The summed E-state index contributed by atoms with van der Waals surface area (Å²) in [6.45, 7) is 3.69. The molecule has 3 N–H and O–H groups in total. The first kappa shape index (κ1) is 57.0. The molecular weight excluding hydrogens is 762 g/mol. The normalized spacial score (nSPS) is 13.6. The second kappa shape index (κ2) is 45.5. The van der Waals surface area contributed by atoms with Gasteiger partial charge in [0, 0.05) is 19.4 Å². The molecule has 2 unspecified atom stereocenters. The minimum atomic E-state index is -4.39. The summed E-state index contributed by atoms with van der Waals surface area (Å²) in [7, 11) is -4.39. The van der Waals surface area contributed by atoms with Gasteiger partial charge in [-0.1, -0.05) is 178 Å². The fraction of sp³-hybridized carbons (Fsp3) is 0.796. The molecule has 2 atom stereocenters. The molecule has 0 amide bonds. The molecule has 0 bridgehead atoms. The maximum absolute atomic E-state index is 12.6. The van der Waals surface area contributed by atoms with Gasteiger partial charge >= 0.3 is 19.8 Å². The van der Waals surface area contributed by atoms with Crippen molar-refractivity contribution in [1.82, 2.24) is 0 Å². The van der Waals surface area contributed by atoms with Gasteiger partial charge in [-0.3, -0.25) is 18.6 Å². The van der Waals surface area contributed by atoms with E-state index >= 15 is 0 Å². The topological polar surface area (TPSA) is 134 Å². The van der Waals surface area contributed by atoms with E-state index in [9.17, 15) is 19.0 Å². The van der Waals surface area contributed by atoms with Gasteiger partial charge in [0.05, 0.1) is 13.2 Å². The summed E-state index contributed by atoms with van der Waals surface area (Å²) >= 11 is 0. The Morgan fingerprint density at radius 1 is 0.508 bits per heavy atom. The summed E-state index contributed by atoms with van der Waals surface area (Å²) in [5.41, 5.74) is 5.36. The number of allylic oxidation sites excluding steroid dienone is 8. The number of phosphoric acid groups is 1. The lowest BCUT2D eigenvalue weighted by Crippen LogP contribution is -2.29. The Balaban J connectivity index is 4.10. The molecule has 10 heteroatoms. The number of esters is 2. The molecule has 344 valence electrons. The van der Waals surface area contributed by atoms with E-state index in [-0.39, 0.29) is 38.6 Å². The van der Waals surface area contributed by atoms with Crippen molar-refractivity contribution < 1.29 is 37.6 Å². The third-order valence-electron chi connectivity index (χ3n) is 10.2. The SMILES string of the molecule is CCCCCC=CCC=CCC=CCCCCCCC(=O)OC(COC(=O)CCCCCCCCCCCCCC=CCCCCCCCC)COP(=O)(O)OCCN. The van der Waals surface area contributed by atoms with Crippen molar-refractivity contribution >= 4 is 19.8 Å². The predicted molar refractivity (Wildman–Crippen MR) is 247 cm³/mol. The Bertz CT molecular complexity index is 1110. The summed E-state index contributed by atoms with van der Waals surface area (Å²) in [6, 6.07) is 0. The zero-order valence-electron chi connectivity index (χ0n) is 38.0. The fourth-order valence-electron chi connectivity index (χ4n) is 6.58. The second-order valence-electron chi connectivity index (χ2n) is 16.0. The lowest BCUT2D eigenvalue weighted by Gasteiger charge is -2.19. The molecule has 0 aromatic heterocycles. The quantitative estimate of drug-likeness (QED) is 0.0266. The molecule has 59 heavy (non-hydrogen) atoms. The largest absolute Gasteiger partial charge is 0.472 e. The summed E-state index contributed by atoms with van der Waals surface area (Å²) in [5.74, 6) is -0.851. The fourth-order valence-corrected chi connectivity index (χ4v) is 7.34. The molecule has 0 saturated carbocycles. The van der Waals surface area contributed by atoms with E-state index in [1.807, 2.05) is 0 Å². The first-order valence-corrected chi connectivity index (χ1v) is 25.6. The molecule has 0 radical (unpaired) electrons. The van der Waals surface area contributed by atoms with Gasteiger partial charge in [-0.25, -0.2) is 4.57 Å². The van der Waals surface area contributed by atoms with Crippen molar-refractivity contribution in [1.29, 1.82) is 0 Å². The number of unbranched alkanes of at least 4 members (excludes halogenated alkanes) is 24. The number of phosphoric ester groups is 1. The standard InChI is InChI=1S/C49H90NO8P/c1-3-5-7-9-11-13-15-17-19-21-22-23-24-26-27-29-31-33-35-37-39-41-48(51)55-45-47(46-57-59(53,54)56-44-43-50)58-49(52)42-40-38-36-34-32-30-28-25-20-18-16-14-12-10-8-6-4-2/h12,14,17-20,28,30,47H,3-11,13,15-16,21-27,29,31-46,50H2,1-2H3,(H,53,54). The van der Waals surface area contributed by atoms with Gasteiger partial charge in [0.25, 0.3) is 0 Å². The molecule has 0 aromatic rings. The Morgan fingerprint density at radius 3 is 1.36 bits per heavy atom. The van der Waals surface area contributed by atoms with Gasteiger partial charge in [-0.15, -0.1) is 0 Å². The molecule has 0 aliphatic heterocycles. The molecular formula is C49H90NO8P. The van der Waals surface area contributed by atoms with Crippen LogP contribution in [0, 0.1) is 0 Å². The monoisotopic (exact) mass is 852 g/mol. The zero-order chi connectivity index (χ0) is 43.2. The van der Waals surface area contributed by atoms with E-state index in [0.29, 0.717) is 6.42 Å². The highest BCUT2D eigenvalue weighted by Gasteiger charge is 2.26. The van der Waals surface area contributed by atoms with Crippen LogP contribution in [0.5, 0.6) is 0 Å². The zero-order valence-corrected chi connectivity index (χ0v) is 38.9. The summed E-state index contributed by atoms with van der Waals surface area (Å²) in [4.78, 5) is 35.0. The Kier molecular flexibility index (Phi) is 43.9. The number of hydrogen-bond donors (Lipinski definition) is 2. The first-order chi connectivity index (χ1) is 28.8. The lowest BCUT2D eigenvalue weighted by molar-refractivity contribution is -0.161. The van der Waals surface area contributed by atoms with E-state index in [4.69, 9.17) is 24.3 Å². The van der Waals surface area contributed by atoms with E-state index < -0.39 is 26.5 Å². The van der Waals surface area contributed by atoms with Crippen LogP contribution in [0.15, 0.2) is 48.6 Å². The molecule has 0 aliphatic rings. The van der Waals surface area contributed by atoms with Crippen LogP contribution in [0.2, 0.25) is 0 Å². The van der Waals surface area contributed by atoms with E-state index in [1.54, 1.807) is 0 Å². The van der Waals surface area contributed by atoms with Crippen LogP contribution in [0.3, 0.4) is 0 Å². The van der Waals surface area contributed by atoms with Crippen molar-refractivity contribution in [2.24, 2.45) is 5.73 Å². The molecule has 9 nitrogen and oxygen atoms in total. The van der Waals surface area contributed by atoms with Gasteiger partial charge in [0.1, 0.15) is 6.61 Å². The minimum absolute atomic E-state index is 0.0484. The molecule has 0 fully saturated rings. The Hall–Kier alpha value is -2.03. The molecule has 0 spiro atoms. The van der Waals surface area contributed by atoms with Crippen LogP contribution in [-0.2, 0) is 32.7 Å². The van der Waals surface area contributed by atoms with E-state index in [0.717, 1.165) is 57.8 Å². The van der Waals surface area contributed by atoms with Crippen LogP contribution < -0.4 is 5.73 Å². The minimum Gasteiger partial charge on any atom is -0.462 e. The van der Waals surface area contributed by atoms with Crippen LogP contribution in [0.25, 0.3) is 0 Å². The van der Waals surface area contributed by atoms with Crippen LogP contribution >= 0.6 is 7.82 Å². The smallest absolute Gasteiger partial charge is 0.462 e. The number of carbonyl (C=O) groups excluding carboxylic acids is 2. The summed E-state index contributed by atoms with van der Waals surface area (Å²) < 4.78 is 32.8. The van der Waals surface area contributed by atoms with Crippen LogP contribution in [0.4, 0.5) is 0 Å². The third-order valence-corrected chi connectivity index (χ3v) is 11.2. The highest BCUT2D eigenvalue weighted by atomic mass is 31.2. The average molecular weight is 852 g/mol. The van der Waals surface area contributed by atoms with Gasteiger partial charge in [0.2, 0.25) is 0 Å². The summed E-state index contributed by atoms with van der Waals surface area (Å²) in [6.07, 6.45) is 52.8. The number of nitrogens with two attached hydrogens (primary N) is 1. The molecule has 0 heterocycles. The lowest BCUT2D eigenvalue weighted by atomic mass is 10.0. The number of carbonyl (C=O) groups is 2. The van der Waals surface area contributed by atoms with Gasteiger partial charge in [-0.05, 0) is 77.0 Å². The molecule has 0 aromatic carbocycles. The van der Waals surface area contributed by atoms with E-state index in [1.165, 1.54) is 128 Å². The van der Waals surface area contributed by atoms with Gasteiger partial charge in [-0.2, -0.15) is 0 Å².